The van der Waals surface area contributed by atoms with Crippen molar-refractivity contribution in [1.29, 1.82) is 0 Å². The van der Waals surface area contributed by atoms with Crippen LogP contribution in [-0.4, -0.2) is 23.0 Å². The van der Waals surface area contributed by atoms with Gasteiger partial charge in [-0.3, -0.25) is 4.79 Å². The minimum atomic E-state index is -1.19. The first-order valence-corrected chi connectivity index (χ1v) is 6.62. The lowest BCUT2D eigenvalue weighted by atomic mass is 9.84. The van der Waals surface area contributed by atoms with E-state index in [1.54, 1.807) is 12.1 Å². The second kappa shape index (κ2) is 5.61. The Morgan fingerprint density at radius 1 is 1.32 bits per heavy atom. The van der Waals surface area contributed by atoms with E-state index in [0.29, 0.717) is 30.4 Å². The summed E-state index contributed by atoms with van der Waals surface area (Å²) in [7, 11) is 0. The van der Waals surface area contributed by atoms with Gasteiger partial charge in [-0.05, 0) is 43.9 Å². The van der Waals surface area contributed by atoms with Crippen molar-refractivity contribution in [3.63, 3.8) is 0 Å². The van der Waals surface area contributed by atoms with Crippen molar-refractivity contribution in [2.75, 3.05) is 0 Å². The summed E-state index contributed by atoms with van der Waals surface area (Å²) in [6, 6.07) is 4.58. The number of carbonyl (C=O) groups is 2. The Balaban J connectivity index is 2.26. The molecule has 19 heavy (non-hydrogen) atoms. The topological polar surface area (TPSA) is 63.6 Å². The monoisotopic (exact) mass is 282 g/mol. The largest absolute Gasteiger partial charge is 0.478 e. The van der Waals surface area contributed by atoms with Crippen molar-refractivity contribution in [1.82, 2.24) is 0 Å². The Bertz CT molecular complexity index is 492. The first-order valence-electron chi connectivity index (χ1n) is 6.24. The second-order valence-corrected chi connectivity index (χ2v) is 5.18. The van der Waals surface area contributed by atoms with Crippen LogP contribution in [0.2, 0.25) is 5.02 Å². The van der Waals surface area contributed by atoms with Gasteiger partial charge in [-0.2, -0.15) is 0 Å². The van der Waals surface area contributed by atoms with Crippen molar-refractivity contribution in [3.8, 4) is 5.75 Å². The molecule has 5 heteroatoms. The predicted molar refractivity (Wildman–Crippen MR) is 70.9 cm³/mol. The fourth-order valence-corrected chi connectivity index (χ4v) is 2.59. The van der Waals surface area contributed by atoms with Gasteiger partial charge in [0.05, 0.1) is 5.02 Å². The number of carboxylic acid groups (broad SMARTS) is 1. The molecule has 1 aromatic rings. The zero-order valence-corrected chi connectivity index (χ0v) is 11.2. The minimum absolute atomic E-state index is 0.260. The van der Waals surface area contributed by atoms with Crippen LogP contribution in [0, 0.1) is 0 Å². The number of hydrogen-bond donors (Lipinski definition) is 1. The number of hydrogen-bond acceptors (Lipinski definition) is 3. The van der Waals surface area contributed by atoms with E-state index in [-0.39, 0.29) is 5.02 Å². The van der Waals surface area contributed by atoms with E-state index in [9.17, 15) is 14.7 Å². The smallest absolute Gasteiger partial charge is 0.348 e. The van der Waals surface area contributed by atoms with Crippen LogP contribution in [0.1, 0.15) is 42.5 Å². The van der Waals surface area contributed by atoms with Gasteiger partial charge in [-0.1, -0.05) is 18.0 Å². The molecule has 2 rings (SSSR count). The SMILES string of the molecule is O=Cc1ccc(OC2(C(=O)O)CCCCC2)c(Cl)c1. The maximum Gasteiger partial charge on any atom is 0.348 e. The molecule has 4 nitrogen and oxygen atoms in total. The zero-order chi connectivity index (χ0) is 13.9. The third kappa shape index (κ3) is 2.89. The molecule has 0 spiro atoms. The van der Waals surface area contributed by atoms with Gasteiger partial charge in [0.1, 0.15) is 12.0 Å². The molecule has 1 aromatic carbocycles. The average Bonchev–Trinajstić information content (AvgIpc) is 2.42. The zero-order valence-electron chi connectivity index (χ0n) is 10.4. The lowest BCUT2D eigenvalue weighted by Crippen LogP contribution is -2.46. The fraction of sp³-hybridized carbons (Fsp3) is 0.429. The Morgan fingerprint density at radius 3 is 2.53 bits per heavy atom. The molecule has 1 saturated carbocycles. The fourth-order valence-electron chi connectivity index (χ4n) is 2.37. The molecule has 1 aliphatic rings. The van der Waals surface area contributed by atoms with E-state index >= 15 is 0 Å². The van der Waals surface area contributed by atoms with Gasteiger partial charge in [-0.25, -0.2) is 4.79 Å². The molecule has 0 amide bonds. The summed E-state index contributed by atoms with van der Waals surface area (Å²) in [5, 5.41) is 9.68. The summed E-state index contributed by atoms with van der Waals surface area (Å²) in [6.07, 6.45) is 4.33. The Morgan fingerprint density at radius 2 is 2.00 bits per heavy atom. The Labute approximate surface area is 116 Å². The molecule has 1 fully saturated rings. The molecular formula is C14H15ClO4. The van der Waals surface area contributed by atoms with Crippen molar-refractivity contribution in [3.05, 3.63) is 28.8 Å². The molecule has 0 saturated heterocycles. The highest BCUT2D eigenvalue weighted by Crippen LogP contribution is 2.36. The summed E-state index contributed by atoms with van der Waals surface area (Å²) >= 11 is 6.02. The van der Waals surface area contributed by atoms with E-state index in [1.165, 1.54) is 6.07 Å². The molecule has 1 aliphatic carbocycles. The van der Waals surface area contributed by atoms with Gasteiger partial charge in [0.2, 0.25) is 5.60 Å². The number of carboxylic acids is 1. The molecule has 102 valence electrons. The molecule has 0 bridgehead atoms. The lowest BCUT2D eigenvalue weighted by molar-refractivity contribution is -0.158. The van der Waals surface area contributed by atoms with Gasteiger partial charge in [0.15, 0.2) is 0 Å². The first kappa shape index (κ1) is 13.9. The first-order chi connectivity index (χ1) is 9.07. The van der Waals surface area contributed by atoms with Crippen molar-refractivity contribution < 1.29 is 19.4 Å². The van der Waals surface area contributed by atoms with Gasteiger partial charge in [-0.15, -0.1) is 0 Å². The molecule has 0 atom stereocenters. The van der Waals surface area contributed by atoms with Crippen molar-refractivity contribution in [2.45, 2.75) is 37.7 Å². The lowest BCUT2D eigenvalue weighted by Gasteiger charge is -2.33. The van der Waals surface area contributed by atoms with Crippen LogP contribution in [0.15, 0.2) is 18.2 Å². The van der Waals surface area contributed by atoms with Gasteiger partial charge in [0.25, 0.3) is 0 Å². The van der Waals surface area contributed by atoms with Crippen LogP contribution >= 0.6 is 11.6 Å². The molecule has 0 heterocycles. The summed E-state index contributed by atoms with van der Waals surface area (Å²) in [5.74, 6) is -0.640. The second-order valence-electron chi connectivity index (χ2n) is 4.77. The summed E-state index contributed by atoms with van der Waals surface area (Å²) in [4.78, 5) is 22.1. The third-order valence-corrected chi connectivity index (χ3v) is 3.74. The van der Waals surface area contributed by atoms with Crippen LogP contribution < -0.4 is 4.74 Å². The third-order valence-electron chi connectivity index (χ3n) is 3.45. The Hall–Kier alpha value is -1.55. The van der Waals surface area contributed by atoms with E-state index in [4.69, 9.17) is 16.3 Å². The van der Waals surface area contributed by atoms with E-state index in [0.717, 1.165) is 19.3 Å². The number of aldehydes is 1. The molecule has 0 unspecified atom stereocenters. The number of carbonyl (C=O) groups excluding carboxylic acids is 1. The average molecular weight is 283 g/mol. The number of halogens is 1. The van der Waals surface area contributed by atoms with Gasteiger partial charge < -0.3 is 9.84 Å². The minimum Gasteiger partial charge on any atom is -0.478 e. The van der Waals surface area contributed by atoms with E-state index in [2.05, 4.69) is 0 Å². The van der Waals surface area contributed by atoms with Crippen LogP contribution in [0.4, 0.5) is 0 Å². The van der Waals surface area contributed by atoms with Crippen LogP contribution in [0.3, 0.4) is 0 Å². The van der Waals surface area contributed by atoms with Gasteiger partial charge in [0, 0.05) is 5.56 Å². The van der Waals surface area contributed by atoms with E-state index < -0.39 is 11.6 Å². The standard InChI is InChI=1S/C14H15ClO4/c15-11-8-10(9-16)4-5-12(11)19-14(13(17)18)6-2-1-3-7-14/h4-5,8-9H,1-3,6-7H2,(H,17,18). The van der Waals surface area contributed by atoms with Crippen molar-refractivity contribution in [2.24, 2.45) is 0 Å². The summed E-state index contributed by atoms with van der Waals surface area (Å²) in [6.45, 7) is 0. The quantitative estimate of drug-likeness (QED) is 0.861. The van der Waals surface area contributed by atoms with E-state index in [1.807, 2.05) is 0 Å². The van der Waals surface area contributed by atoms with Gasteiger partial charge >= 0.3 is 5.97 Å². The van der Waals surface area contributed by atoms with Crippen LogP contribution in [0.5, 0.6) is 5.75 Å². The summed E-state index contributed by atoms with van der Waals surface area (Å²) in [5.41, 5.74) is -0.754. The number of aliphatic carboxylic acids is 1. The maximum atomic E-state index is 11.5. The highest BCUT2D eigenvalue weighted by molar-refractivity contribution is 6.32. The molecule has 0 aliphatic heterocycles. The van der Waals surface area contributed by atoms with Crippen LogP contribution in [0.25, 0.3) is 0 Å². The highest BCUT2D eigenvalue weighted by atomic mass is 35.5. The molecule has 1 N–H and O–H groups in total. The summed E-state index contributed by atoms with van der Waals surface area (Å²) < 4.78 is 5.69. The number of rotatable bonds is 4. The van der Waals surface area contributed by atoms with Crippen LogP contribution in [-0.2, 0) is 4.79 Å². The maximum absolute atomic E-state index is 11.5. The number of ether oxygens (including phenoxy) is 1. The number of benzene rings is 1. The Kier molecular flexibility index (Phi) is 4.10. The van der Waals surface area contributed by atoms with Crippen molar-refractivity contribution >= 4 is 23.9 Å². The normalized spacial score (nSPS) is 17.7. The highest BCUT2D eigenvalue weighted by Gasteiger charge is 2.42. The molecule has 0 radical (unpaired) electrons. The molecule has 0 aromatic heterocycles. The predicted octanol–water partition coefficient (Wildman–Crippen LogP) is 3.32. The molecular weight excluding hydrogens is 268 g/mol.